The van der Waals surface area contributed by atoms with Gasteiger partial charge in [-0.3, -0.25) is 24.1 Å². The van der Waals surface area contributed by atoms with Crippen LogP contribution in [0.3, 0.4) is 0 Å². The molecule has 1 aliphatic heterocycles. The molecule has 2 rings (SSSR count). The van der Waals surface area contributed by atoms with Crippen LogP contribution in [0, 0.1) is 5.92 Å². The molecule has 22 heavy (non-hydrogen) atoms. The molecule has 1 atom stereocenters. The predicted molar refractivity (Wildman–Crippen MR) is 76.2 cm³/mol. The molecule has 116 valence electrons. The van der Waals surface area contributed by atoms with Crippen molar-refractivity contribution in [2.45, 2.75) is 19.9 Å². The minimum atomic E-state index is -1.20. The van der Waals surface area contributed by atoms with Gasteiger partial charge in [0.05, 0.1) is 11.1 Å². The Morgan fingerprint density at radius 2 is 1.64 bits per heavy atom. The summed E-state index contributed by atoms with van der Waals surface area (Å²) in [6, 6.07) is 5.29. The molecule has 0 spiro atoms. The third-order valence-corrected chi connectivity index (χ3v) is 3.42. The van der Waals surface area contributed by atoms with Crippen molar-refractivity contribution in [2.24, 2.45) is 5.92 Å². The number of hydrogen-bond acceptors (Lipinski definition) is 4. The van der Waals surface area contributed by atoms with E-state index in [-0.39, 0.29) is 17.0 Å². The van der Waals surface area contributed by atoms with Crippen molar-refractivity contribution in [1.29, 1.82) is 0 Å². The van der Waals surface area contributed by atoms with Crippen molar-refractivity contribution in [3.8, 4) is 0 Å². The van der Waals surface area contributed by atoms with Crippen LogP contribution in [0.2, 0.25) is 0 Å². The Labute approximate surface area is 126 Å². The topological polar surface area (TPSA) is 104 Å². The van der Waals surface area contributed by atoms with Gasteiger partial charge in [-0.2, -0.15) is 0 Å². The van der Waals surface area contributed by atoms with Gasteiger partial charge in [-0.25, -0.2) is 0 Å². The minimum Gasteiger partial charge on any atom is -0.480 e. The molecule has 2 N–H and O–H groups in total. The summed E-state index contributed by atoms with van der Waals surface area (Å²) in [5, 5.41) is 10.9. The van der Waals surface area contributed by atoms with E-state index in [4.69, 9.17) is 5.11 Å². The Morgan fingerprint density at radius 1 is 1.14 bits per heavy atom. The van der Waals surface area contributed by atoms with Gasteiger partial charge < -0.3 is 10.4 Å². The van der Waals surface area contributed by atoms with E-state index in [2.05, 4.69) is 5.32 Å². The first-order valence-corrected chi connectivity index (χ1v) is 6.81. The van der Waals surface area contributed by atoms with Gasteiger partial charge in [-0.15, -0.1) is 0 Å². The number of amides is 3. The molecule has 7 heteroatoms. The fourth-order valence-electron chi connectivity index (χ4n) is 2.45. The van der Waals surface area contributed by atoms with Gasteiger partial charge in [0.15, 0.2) is 0 Å². The number of imide groups is 1. The molecule has 0 fully saturated rings. The predicted octanol–water partition coefficient (Wildman–Crippen LogP) is 0.508. The lowest BCUT2D eigenvalue weighted by molar-refractivity contribution is -0.138. The summed E-state index contributed by atoms with van der Waals surface area (Å²) < 4.78 is 0. The second-order valence-corrected chi connectivity index (χ2v) is 5.33. The van der Waals surface area contributed by atoms with E-state index in [9.17, 15) is 19.2 Å². The summed E-state index contributed by atoms with van der Waals surface area (Å²) in [4.78, 5) is 48.5. The molecule has 0 saturated carbocycles. The summed E-state index contributed by atoms with van der Waals surface area (Å²) in [5.41, 5.74) is 0.508. The molecule has 0 aliphatic carbocycles. The van der Waals surface area contributed by atoms with Crippen LogP contribution >= 0.6 is 0 Å². The van der Waals surface area contributed by atoms with Crippen LogP contribution in [0.4, 0.5) is 0 Å². The highest BCUT2D eigenvalue weighted by molar-refractivity contribution is 6.22. The largest absolute Gasteiger partial charge is 0.480 e. The average Bonchev–Trinajstić information content (AvgIpc) is 2.71. The van der Waals surface area contributed by atoms with Gasteiger partial charge in [-0.1, -0.05) is 26.0 Å². The SMILES string of the molecule is CC(C)C(C(=O)NCC(=O)O)N1C(=O)c2ccccc2C1=O. The van der Waals surface area contributed by atoms with Crippen molar-refractivity contribution in [2.75, 3.05) is 6.54 Å². The maximum absolute atomic E-state index is 12.4. The number of fused-ring (bicyclic) bond motifs is 1. The molecule has 1 aliphatic rings. The fourth-order valence-corrected chi connectivity index (χ4v) is 2.45. The Bertz CT molecular complexity index is 618. The maximum atomic E-state index is 12.4. The third-order valence-electron chi connectivity index (χ3n) is 3.42. The van der Waals surface area contributed by atoms with Gasteiger partial charge in [0.25, 0.3) is 11.8 Å². The van der Waals surface area contributed by atoms with E-state index >= 15 is 0 Å². The van der Waals surface area contributed by atoms with Gasteiger partial charge >= 0.3 is 5.97 Å². The highest BCUT2D eigenvalue weighted by Crippen LogP contribution is 2.27. The van der Waals surface area contributed by atoms with E-state index in [0.717, 1.165) is 4.90 Å². The number of carboxylic acid groups (broad SMARTS) is 1. The molecule has 3 amide bonds. The van der Waals surface area contributed by atoms with Crippen LogP contribution < -0.4 is 5.32 Å². The first-order chi connectivity index (χ1) is 10.3. The second kappa shape index (κ2) is 5.97. The van der Waals surface area contributed by atoms with E-state index in [1.54, 1.807) is 26.0 Å². The first-order valence-electron chi connectivity index (χ1n) is 6.81. The number of benzene rings is 1. The lowest BCUT2D eigenvalue weighted by atomic mass is 10.0. The molecule has 0 radical (unpaired) electrons. The van der Waals surface area contributed by atoms with E-state index in [1.807, 2.05) is 0 Å². The number of nitrogens with zero attached hydrogens (tertiary/aromatic N) is 1. The van der Waals surface area contributed by atoms with Gasteiger partial charge in [0.2, 0.25) is 5.91 Å². The van der Waals surface area contributed by atoms with Gasteiger partial charge in [0.1, 0.15) is 12.6 Å². The van der Waals surface area contributed by atoms with Crippen LogP contribution in [-0.2, 0) is 9.59 Å². The van der Waals surface area contributed by atoms with Crippen molar-refractivity contribution in [1.82, 2.24) is 10.2 Å². The zero-order valence-corrected chi connectivity index (χ0v) is 12.2. The number of rotatable bonds is 5. The van der Waals surface area contributed by atoms with Gasteiger partial charge in [0, 0.05) is 0 Å². The standard InChI is InChI=1S/C15H16N2O5/c1-8(2)12(13(20)16-7-11(18)19)17-14(21)9-5-3-4-6-10(9)15(17)22/h3-6,8,12H,7H2,1-2H3,(H,16,20)(H,18,19). The summed E-state index contributed by atoms with van der Waals surface area (Å²) in [5.74, 6) is -3.28. The molecule has 1 aromatic carbocycles. The minimum absolute atomic E-state index is 0.254. The normalized spacial score (nSPS) is 15.0. The molecule has 1 unspecified atom stereocenters. The molecule has 0 aromatic heterocycles. The molecule has 0 bridgehead atoms. The van der Waals surface area contributed by atoms with Crippen LogP contribution in [0.1, 0.15) is 34.6 Å². The number of nitrogens with one attached hydrogen (secondary N) is 1. The van der Waals surface area contributed by atoms with E-state index in [0.29, 0.717) is 0 Å². The van der Waals surface area contributed by atoms with Crippen LogP contribution in [0.25, 0.3) is 0 Å². The number of carbonyl (C=O) groups is 4. The Kier molecular flexibility index (Phi) is 4.25. The van der Waals surface area contributed by atoms with Crippen LogP contribution in [-0.4, -0.2) is 46.3 Å². The second-order valence-electron chi connectivity index (χ2n) is 5.33. The summed E-state index contributed by atoms with van der Waals surface area (Å²) in [6.07, 6.45) is 0. The fraction of sp³-hybridized carbons (Fsp3) is 0.333. The Morgan fingerprint density at radius 3 is 2.05 bits per heavy atom. The zero-order chi connectivity index (χ0) is 16.4. The Hall–Kier alpha value is -2.70. The molecular formula is C15H16N2O5. The van der Waals surface area contributed by atoms with Crippen molar-refractivity contribution >= 4 is 23.7 Å². The highest BCUT2D eigenvalue weighted by atomic mass is 16.4. The van der Waals surface area contributed by atoms with E-state index in [1.165, 1.54) is 12.1 Å². The smallest absolute Gasteiger partial charge is 0.322 e. The molecule has 0 saturated heterocycles. The zero-order valence-electron chi connectivity index (χ0n) is 12.2. The molecule has 7 nitrogen and oxygen atoms in total. The average molecular weight is 304 g/mol. The summed E-state index contributed by atoms with van der Waals surface area (Å²) in [6.45, 7) is 2.81. The van der Waals surface area contributed by atoms with E-state index < -0.39 is 36.3 Å². The quantitative estimate of drug-likeness (QED) is 0.771. The highest BCUT2D eigenvalue weighted by Gasteiger charge is 2.43. The lowest BCUT2D eigenvalue weighted by Crippen LogP contribution is -2.53. The molecule has 1 aromatic rings. The number of aliphatic carboxylic acids is 1. The van der Waals surface area contributed by atoms with Crippen molar-refractivity contribution in [3.63, 3.8) is 0 Å². The summed E-state index contributed by atoms with van der Waals surface area (Å²) in [7, 11) is 0. The van der Waals surface area contributed by atoms with Crippen LogP contribution in [0.5, 0.6) is 0 Å². The Balaban J connectivity index is 2.31. The molecule has 1 heterocycles. The first kappa shape index (κ1) is 15.7. The lowest BCUT2D eigenvalue weighted by Gasteiger charge is -2.28. The third kappa shape index (κ3) is 2.69. The van der Waals surface area contributed by atoms with Crippen LogP contribution in [0.15, 0.2) is 24.3 Å². The monoisotopic (exact) mass is 304 g/mol. The number of carboxylic acids is 1. The van der Waals surface area contributed by atoms with Crippen molar-refractivity contribution < 1.29 is 24.3 Å². The number of carbonyl (C=O) groups excluding carboxylic acids is 3. The summed E-state index contributed by atoms with van der Waals surface area (Å²) >= 11 is 0. The van der Waals surface area contributed by atoms with Gasteiger partial charge in [-0.05, 0) is 18.1 Å². The molecular weight excluding hydrogens is 288 g/mol. The number of hydrogen-bond donors (Lipinski definition) is 2. The van der Waals surface area contributed by atoms with Crippen molar-refractivity contribution in [3.05, 3.63) is 35.4 Å². The maximum Gasteiger partial charge on any atom is 0.322 e.